The summed E-state index contributed by atoms with van der Waals surface area (Å²) in [7, 11) is 0. The topological polar surface area (TPSA) is 160 Å². The Morgan fingerprint density at radius 1 is 0.761 bits per heavy atom. The molecule has 240 valence electrons. The van der Waals surface area contributed by atoms with Gasteiger partial charge < -0.3 is 37.2 Å². The summed E-state index contributed by atoms with van der Waals surface area (Å²) >= 11 is 0. The third-order valence-electron chi connectivity index (χ3n) is 6.27. The molecule has 0 bridgehead atoms. The van der Waals surface area contributed by atoms with Crippen molar-refractivity contribution in [2.75, 3.05) is 54.0 Å². The Kier molecular flexibility index (Phi) is 14.1. The second-order valence-corrected chi connectivity index (χ2v) is 9.74. The molecule has 5 amide bonds. The van der Waals surface area contributed by atoms with Crippen molar-refractivity contribution in [3.05, 3.63) is 83.4 Å². The van der Waals surface area contributed by atoms with Gasteiger partial charge in [-0.2, -0.15) is 0 Å². The predicted molar refractivity (Wildman–Crippen MR) is 187 cm³/mol. The van der Waals surface area contributed by atoms with Crippen molar-refractivity contribution in [2.45, 2.75) is 27.2 Å². The number of hydrogen-bond acceptors (Lipinski definition) is 7. The number of anilines is 4. The molecule has 0 unspecified atom stereocenters. The SMILES string of the molecule is C#CCCNC=O.CC.Cc1cc(NC(=O)Nc2ccc(C3=NCCN3)cc2)cc(NC(=O)Nc2ccc(C3=NCCN3)cc2)c1. The van der Waals surface area contributed by atoms with Gasteiger partial charge in [0.25, 0.3) is 0 Å². The summed E-state index contributed by atoms with van der Waals surface area (Å²) in [5, 5.41) is 20.2. The van der Waals surface area contributed by atoms with E-state index >= 15 is 0 Å². The van der Waals surface area contributed by atoms with Crippen molar-refractivity contribution in [3.8, 4) is 12.3 Å². The largest absolute Gasteiger partial charge is 0.368 e. The minimum atomic E-state index is -0.383. The van der Waals surface area contributed by atoms with Crippen molar-refractivity contribution < 1.29 is 14.4 Å². The Hall–Kier alpha value is -5.83. The Labute approximate surface area is 270 Å². The van der Waals surface area contributed by atoms with Crippen LogP contribution < -0.4 is 37.2 Å². The van der Waals surface area contributed by atoms with Crippen LogP contribution in [0.2, 0.25) is 0 Å². The third-order valence-corrected chi connectivity index (χ3v) is 6.27. The zero-order valence-electron chi connectivity index (χ0n) is 26.4. The van der Waals surface area contributed by atoms with Gasteiger partial charge in [0, 0.05) is 59.9 Å². The summed E-state index contributed by atoms with van der Waals surface area (Å²) in [5.41, 5.74) is 5.28. The summed E-state index contributed by atoms with van der Waals surface area (Å²) in [6.07, 6.45) is 6.11. The van der Waals surface area contributed by atoms with E-state index in [4.69, 9.17) is 6.42 Å². The fraction of sp³-hybridized carbons (Fsp3) is 0.265. The molecule has 0 fully saturated rings. The molecule has 0 atom stereocenters. The first kappa shape index (κ1) is 34.7. The number of nitrogens with one attached hydrogen (secondary N) is 7. The van der Waals surface area contributed by atoms with Crippen LogP contribution in [-0.2, 0) is 4.79 Å². The molecule has 3 aromatic carbocycles. The smallest absolute Gasteiger partial charge is 0.323 e. The number of carbonyl (C=O) groups is 3. The van der Waals surface area contributed by atoms with E-state index in [2.05, 4.69) is 53.1 Å². The number of nitrogens with zero attached hydrogens (tertiary/aromatic N) is 2. The average Bonchev–Trinajstić information content (AvgIpc) is 3.79. The molecular weight excluding hydrogens is 582 g/mol. The number of carbonyl (C=O) groups excluding carboxylic acids is 3. The average molecular weight is 624 g/mol. The van der Waals surface area contributed by atoms with Crippen LogP contribution in [-0.4, -0.2) is 62.9 Å². The van der Waals surface area contributed by atoms with E-state index < -0.39 is 0 Å². The number of aryl methyl sites for hydroxylation is 1. The van der Waals surface area contributed by atoms with Gasteiger partial charge in [-0.15, -0.1) is 12.3 Å². The van der Waals surface area contributed by atoms with Gasteiger partial charge in [0.05, 0.1) is 13.1 Å². The summed E-state index contributed by atoms with van der Waals surface area (Å²) in [6, 6.07) is 19.5. The van der Waals surface area contributed by atoms with E-state index in [0.717, 1.165) is 54.5 Å². The van der Waals surface area contributed by atoms with Crippen LogP contribution >= 0.6 is 0 Å². The molecule has 0 saturated carbocycles. The van der Waals surface area contributed by atoms with E-state index in [1.807, 2.05) is 81.4 Å². The molecule has 0 saturated heterocycles. The second kappa shape index (κ2) is 18.7. The van der Waals surface area contributed by atoms with Crippen molar-refractivity contribution >= 4 is 52.9 Å². The monoisotopic (exact) mass is 623 g/mol. The fourth-order valence-electron chi connectivity index (χ4n) is 4.32. The number of rotatable bonds is 9. The number of urea groups is 2. The second-order valence-electron chi connectivity index (χ2n) is 9.74. The Morgan fingerprint density at radius 3 is 1.57 bits per heavy atom. The highest BCUT2D eigenvalue weighted by atomic mass is 16.2. The van der Waals surface area contributed by atoms with E-state index in [0.29, 0.717) is 42.1 Å². The zero-order chi connectivity index (χ0) is 33.1. The van der Waals surface area contributed by atoms with Crippen LogP contribution in [0.15, 0.2) is 76.7 Å². The van der Waals surface area contributed by atoms with Crippen molar-refractivity contribution in [3.63, 3.8) is 0 Å². The maximum Gasteiger partial charge on any atom is 0.323 e. The summed E-state index contributed by atoms with van der Waals surface area (Å²) < 4.78 is 0. The molecule has 0 aromatic heterocycles. The maximum atomic E-state index is 12.6. The minimum Gasteiger partial charge on any atom is -0.368 e. The maximum absolute atomic E-state index is 12.6. The van der Waals surface area contributed by atoms with Crippen LogP contribution in [0.3, 0.4) is 0 Å². The Balaban J connectivity index is 0.000000568. The number of benzene rings is 3. The molecule has 12 nitrogen and oxygen atoms in total. The van der Waals surface area contributed by atoms with E-state index in [1.165, 1.54) is 0 Å². The Morgan fingerprint density at radius 2 is 1.20 bits per heavy atom. The molecule has 46 heavy (non-hydrogen) atoms. The van der Waals surface area contributed by atoms with Crippen molar-refractivity contribution in [2.24, 2.45) is 9.98 Å². The molecular formula is C34H41N9O3. The molecule has 0 aliphatic carbocycles. The highest BCUT2D eigenvalue weighted by molar-refractivity contribution is 6.04. The predicted octanol–water partition coefficient (Wildman–Crippen LogP) is 4.76. The van der Waals surface area contributed by atoms with E-state index in [1.54, 1.807) is 6.07 Å². The molecule has 3 aromatic rings. The third kappa shape index (κ3) is 11.3. The van der Waals surface area contributed by atoms with Gasteiger partial charge in [-0.3, -0.25) is 14.8 Å². The van der Waals surface area contributed by atoms with Crippen molar-refractivity contribution in [1.82, 2.24) is 16.0 Å². The van der Waals surface area contributed by atoms with Crippen LogP contribution in [0, 0.1) is 19.3 Å². The number of amidine groups is 2. The number of amides is 5. The molecule has 0 radical (unpaired) electrons. The van der Waals surface area contributed by atoms with Gasteiger partial charge in [0.1, 0.15) is 11.7 Å². The van der Waals surface area contributed by atoms with E-state index in [9.17, 15) is 14.4 Å². The molecule has 5 rings (SSSR count). The van der Waals surface area contributed by atoms with Gasteiger partial charge in [-0.1, -0.05) is 13.8 Å². The lowest BCUT2D eigenvalue weighted by molar-refractivity contribution is -0.109. The van der Waals surface area contributed by atoms with Gasteiger partial charge in [-0.05, 0) is 79.2 Å². The summed E-state index contributed by atoms with van der Waals surface area (Å²) in [4.78, 5) is 43.4. The van der Waals surface area contributed by atoms with Crippen molar-refractivity contribution in [1.29, 1.82) is 0 Å². The zero-order valence-corrected chi connectivity index (χ0v) is 26.4. The highest BCUT2D eigenvalue weighted by Gasteiger charge is 2.11. The standard InChI is InChI=1S/C27H28N8O2.C5H7NO.C2H6/c1-17-14-22(34-26(36)32-20-6-2-18(3-7-20)24-28-10-11-29-24)16-23(15-17)35-27(37)33-21-8-4-19(5-9-21)25-30-12-13-31-25;1-2-3-4-6-5-7;1-2/h2-9,14-16H,10-13H2,1H3,(H,28,29)(H,30,31)(H2,32,34,36)(H2,33,35,37);1,5H,3-4H2,(H,6,7);1-2H3. The van der Waals surface area contributed by atoms with E-state index in [-0.39, 0.29) is 12.1 Å². The lowest BCUT2D eigenvalue weighted by atomic mass is 10.2. The van der Waals surface area contributed by atoms with Crippen LogP contribution in [0.5, 0.6) is 0 Å². The first-order valence-corrected chi connectivity index (χ1v) is 15.1. The van der Waals surface area contributed by atoms with Crippen LogP contribution in [0.25, 0.3) is 0 Å². The quantitative estimate of drug-likeness (QED) is 0.104. The molecule has 2 aliphatic heterocycles. The first-order valence-electron chi connectivity index (χ1n) is 15.1. The molecule has 2 heterocycles. The number of terminal acetylenes is 1. The molecule has 0 spiro atoms. The van der Waals surface area contributed by atoms with Gasteiger partial charge in [-0.25, -0.2) is 9.59 Å². The normalized spacial score (nSPS) is 12.5. The van der Waals surface area contributed by atoms with Gasteiger partial charge in [0.2, 0.25) is 6.41 Å². The molecule has 7 N–H and O–H groups in total. The fourth-order valence-corrected chi connectivity index (χ4v) is 4.32. The summed E-state index contributed by atoms with van der Waals surface area (Å²) in [5.74, 6) is 4.12. The molecule has 2 aliphatic rings. The first-order chi connectivity index (χ1) is 22.4. The van der Waals surface area contributed by atoms with Crippen LogP contribution in [0.4, 0.5) is 32.3 Å². The summed E-state index contributed by atoms with van der Waals surface area (Å²) in [6.45, 7) is 9.70. The number of hydrogen-bond donors (Lipinski definition) is 7. The highest BCUT2D eigenvalue weighted by Crippen LogP contribution is 2.20. The van der Waals surface area contributed by atoms with Gasteiger partial charge in [0.15, 0.2) is 0 Å². The minimum absolute atomic E-state index is 0.383. The lowest BCUT2D eigenvalue weighted by Crippen LogP contribution is -2.22. The van der Waals surface area contributed by atoms with Gasteiger partial charge >= 0.3 is 12.1 Å². The van der Waals surface area contributed by atoms with Crippen LogP contribution in [0.1, 0.15) is 37.0 Å². The lowest BCUT2D eigenvalue weighted by Gasteiger charge is -2.12. The Bertz CT molecular complexity index is 1460. The number of aliphatic imine (C=N–C) groups is 2. The molecule has 12 heteroatoms.